The second-order valence-corrected chi connectivity index (χ2v) is 7.93. The maximum atomic E-state index is 10.1. The Bertz CT molecular complexity index is 1250. The molecule has 0 bridgehead atoms. The molecule has 152 valence electrons. The van der Waals surface area contributed by atoms with Crippen LogP contribution in [0.5, 0.6) is 0 Å². The molecule has 3 aromatic rings. The largest absolute Gasteiger partial charge is 0.373 e. The number of hydrogen-bond donors (Lipinski definition) is 2. The number of aromatic nitrogens is 4. The van der Waals surface area contributed by atoms with Crippen LogP contribution in [0.25, 0.3) is 11.1 Å². The number of allylic oxidation sites excluding steroid dienone is 2. The second kappa shape index (κ2) is 7.89. The molecule has 2 aromatic carbocycles. The number of rotatable bonds is 3. The van der Waals surface area contributed by atoms with Crippen LogP contribution >= 0.6 is 0 Å². The molecule has 7 heteroatoms. The fourth-order valence-electron chi connectivity index (χ4n) is 3.87. The van der Waals surface area contributed by atoms with E-state index >= 15 is 0 Å². The second-order valence-electron chi connectivity index (χ2n) is 7.93. The standard InChI is InChI=1S/C24H21N7/c1-15-4-8-17(9-5-15)19-12-24(3,18-10-6-16(2)7-11-18)27-22(20(19)13-25)21(14-26)23-28-30-31-29-23/h4-11,27H,12H2,1-3H3,(H,28,29,30,31)/b22-21+. The van der Waals surface area contributed by atoms with Gasteiger partial charge in [-0.25, -0.2) is 0 Å². The zero-order chi connectivity index (χ0) is 22.0. The van der Waals surface area contributed by atoms with Crippen LogP contribution in [-0.2, 0) is 5.54 Å². The number of aryl methyl sites for hydroxylation is 2. The number of nitrogens with one attached hydrogen (secondary N) is 2. The van der Waals surface area contributed by atoms with Gasteiger partial charge in [0, 0.05) is 6.42 Å². The molecule has 1 aliphatic heterocycles. The average Bonchev–Trinajstić information content (AvgIpc) is 3.29. The molecule has 1 atom stereocenters. The summed E-state index contributed by atoms with van der Waals surface area (Å²) in [5.74, 6) is 0.147. The van der Waals surface area contributed by atoms with Gasteiger partial charge in [-0.15, -0.1) is 10.2 Å². The number of tetrazole rings is 1. The van der Waals surface area contributed by atoms with Crippen LogP contribution in [0.2, 0.25) is 0 Å². The van der Waals surface area contributed by atoms with Crippen molar-refractivity contribution in [1.29, 1.82) is 10.5 Å². The van der Waals surface area contributed by atoms with Gasteiger partial charge in [0.05, 0.1) is 16.8 Å². The Balaban J connectivity index is 1.99. The minimum absolute atomic E-state index is 0.147. The van der Waals surface area contributed by atoms with E-state index in [0.717, 1.165) is 27.8 Å². The molecular weight excluding hydrogens is 386 g/mol. The molecule has 2 heterocycles. The van der Waals surface area contributed by atoms with E-state index in [1.807, 2.05) is 38.1 Å². The van der Waals surface area contributed by atoms with E-state index in [1.54, 1.807) is 0 Å². The van der Waals surface area contributed by atoms with Gasteiger partial charge < -0.3 is 5.32 Å². The Morgan fingerprint density at radius 3 is 2.19 bits per heavy atom. The van der Waals surface area contributed by atoms with Gasteiger partial charge in [-0.1, -0.05) is 59.7 Å². The molecule has 1 aromatic heterocycles. The van der Waals surface area contributed by atoms with Gasteiger partial charge in [-0.3, -0.25) is 0 Å². The minimum atomic E-state index is -0.546. The number of nitriles is 2. The number of hydrogen-bond acceptors (Lipinski definition) is 6. The quantitative estimate of drug-likeness (QED) is 0.636. The summed E-state index contributed by atoms with van der Waals surface area (Å²) in [7, 11) is 0. The Hall–Kier alpha value is -4.23. The van der Waals surface area contributed by atoms with Gasteiger partial charge in [0.25, 0.3) is 0 Å². The van der Waals surface area contributed by atoms with Crippen LogP contribution in [0.1, 0.15) is 41.4 Å². The lowest BCUT2D eigenvalue weighted by molar-refractivity contribution is 0.408. The minimum Gasteiger partial charge on any atom is -0.373 e. The third-order valence-electron chi connectivity index (χ3n) is 5.61. The van der Waals surface area contributed by atoms with Crippen molar-refractivity contribution in [2.45, 2.75) is 32.7 Å². The number of nitrogens with zero attached hydrogens (tertiary/aromatic N) is 5. The van der Waals surface area contributed by atoms with E-state index in [9.17, 15) is 10.5 Å². The molecule has 0 saturated heterocycles. The smallest absolute Gasteiger partial charge is 0.217 e. The van der Waals surface area contributed by atoms with Crippen LogP contribution in [0.15, 0.2) is 59.8 Å². The molecule has 0 spiro atoms. The molecular formula is C24H21N7. The summed E-state index contributed by atoms with van der Waals surface area (Å²) >= 11 is 0. The maximum absolute atomic E-state index is 10.1. The van der Waals surface area contributed by atoms with E-state index in [0.29, 0.717) is 17.7 Å². The predicted octanol–water partition coefficient (Wildman–Crippen LogP) is 3.94. The topological polar surface area (TPSA) is 114 Å². The van der Waals surface area contributed by atoms with E-state index < -0.39 is 5.54 Å². The molecule has 0 aliphatic carbocycles. The average molecular weight is 407 g/mol. The molecule has 31 heavy (non-hydrogen) atoms. The first-order valence-corrected chi connectivity index (χ1v) is 9.89. The number of aromatic amines is 1. The molecule has 0 saturated carbocycles. The van der Waals surface area contributed by atoms with Crippen molar-refractivity contribution in [2.24, 2.45) is 0 Å². The van der Waals surface area contributed by atoms with Gasteiger partial charge in [-0.2, -0.15) is 15.7 Å². The highest BCUT2D eigenvalue weighted by Gasteiger charge is 2.37. The number of benzene rings is 2. The van der Waals surface area contributed by atoms with Crippen molar-refractivity contribution in [3.63, 3.8) is 0 Å². The zero-order valence-corrected chi connectivity index (χ0v) is 17.6. The lowest BCUT2D eigenvalue weighted by Crippen LogP contribution is -2.43. The third kappa shape index (κ3) is 3.70. The molecule has 4 rings (SSSR count). The van der Waals surface area contributed by atoms with Crippen molar-refractivity contribution in [1.82, 2.24) is 25.9 Å². The lowest BCUT2D eigenvalue weighted by atomic mass is 9.77. The highest BCUT2D eigenvalue weighted by molar-refractivity contribution is 5.87. The molecule has 7 nitrogen and oxygen atoms in total. The van der Waals surface area contributed by atoms with Crippen molar-refractivity contribution in [2.75, 3.05) is 0 Å². The molecule has 0 radical (unpaired) electrons. The summed E-state index contributed by atoms with van der Waals surface area (Å²) in [5.41, 5.74) is 5.63. The van der Waals surface area contributed by atoms with E-state index in [-0.39, 0.29) is 11.4 Å². The molecule has 1 aliphatic rings. The highest BCUT2D eigenvalue weighted by Crippen LogP contribution is 2.42. The van der Waals surface area contributed by atoms with Gasteiger partial charge in [-0.05, 0) is 42.7 Å². The Labute approximate surface area is 180 Å². The highest BCUT2D eigenvalue weighted by atomic mass is 15.5. The molecule has 1 unspecified atom stereocenters. The van der Waals surface area contributed by atoms with Crippen LogP contribution in [-0.4, -0.2) is 20.6 Å². The third-order valence-corrected chi connectivity index (χ3v) is 5.61. The van der Waals surface area contributed by atoms with Crippen LogP contribution in [0.4, 0.5) is 0 Å². The Kier molecular flexibility index (Phi) is 5.10. The van der Waals surface area contributed by atoms with Crippen LogP contribution in [0.3, 0.4) is 0 Å². The van der Waals surface area contributed by atoms with Gasteiger partial charge in [0.2, 0.25) is 5.82 Å². The Morgan fingerprint density at radius 2 is 1.65 bits per heavy atom. The molecule has 0 fully saturated rings. The van der Waals surface area contributed by atoms with Crippen molar-refractivity contribution >= 4 is 11.1 Å². The fourth-order valence-corrected chi connectivity index (χ4v) is 3.87. The first-order chi connectivity index (χ1) is 14.9. The monoisotopic (exact) mass is 407 g/mol. The molecule has 2 N–H and O–H groups in total. The van der Waals surface area contributed by atoms with Crippen molar-refractivity contribution < 1.29 is 0 Å². The summed E-state index contributed by atoms with van der Waals surface area (Å²) in [6.07, 6.45) is 0.580. The fraction of sp³-hybridized carbons (Fsp3) is 0.208. The normalized spacial score (nSPS) is 19.9. The first-order valence-electron chi connectivity index (χ1n) is 9.89. The number of H-pyrrole nitrogens is 1. The van der Waals surface area contributed by atoms with Crippen LogP contribution in [0, 0.1) is 36.5 Å². The summed E-state index contributed by atoms with van der Waals surface area (Å²) in [4.78, 5) is 0. The summed E-state index contributed by atoms with van der Waals surface area (Å²) in [5, 5.41) is 37.4. The van der Waals surface area contributed by atoms with Crippen molar-refractivity contribution in [3.8, 4) is 12.1 Å². The van der Waals surface area contributed by atoms with Crippen molar-refractivity contribution in [3.05, 3.63) is 87.9 Å². The van der Waals surface area contributed by atoms with Gasteiger partial charge in [0.15, 0.2) is 0 Å². The lowest BCUT2D eigenvalue weighted by Gasteiger charge is -2.39. The van der Waals surface area contributed by atoms with E-state index in [2.05, 4.69) is 69.3 Å². The van der Waals surface area contributed by atoms with E-state index in [1.165, 1.54) is 0 Å². The summed E-state index contributed by atoms with van der Waals surface area (Å²) < 4.78 is 0. The van der Waals surface area contributed by atoms with Gasteiger partial charge in [0.1, 0.15) is 17.7 Å². The molecule has 0 amide bonds. The SMILES string of the molecule is Cc1ccc(C2=C(C#N)/C(=C(/C#N)c3nn[nH]n3)NC(C)(c3ccc(C)cc3)C2)cc1. The Morgan fingerprint density at radius 1 is 1.00 bits per heavy atom. The maximum Gasteiger partial charge on any atom is 0.217 e. The predicted molar refractivity (Wildman–Crippen MR) is 117 cm³/mol. The summed E-state index contributed by atoms with van der Waals surface area (Å²) in [6.45, 7) is 6.14. The van der Waals surface area contributed by atoms with Gasteiger partial charge >= 0.3 is 0 Å². The summed E-state index contributed by atoms with van der Waals surface area (Å²) in [6, 6.07) is 20.8. The first kappa shape index (κ1) is 20.1. The zero-order valence-electron chi connectivity index (χ0n) is 17.6. The van der Waals surface area contributed by atoms with Crippen LogP contribution < -0.4 is 5.32 Å². The van der Waals surface area contributed by atoms with E-state index in [4.69, 9.17) is 0 Å².